The molecule has 0 saturated carbocycles. The number of nitrogens with zero attached hydrogens (tertiary/aromatic N) is 2. The molecule has 3 nitrogen and oxygen atoms in total. The number of hydrogen-bond acceptors (Lipinski definition) is 3. The van der Waals surface area contributed by atoms with Crippen LogP contribution in [-0.2, 0) is 0 Å². The lowest BCUT2D eigenvalue weighted by Gasteiger charge is -2.15. The predicted molar refractivity (Wildman–Crippen MR) is 57.0 cm³/mol. The fourth-order valence-corrected chi connectivity index (χ4v) is 1.09. The lowest BCUT2D eigenvalue weighted by atomic mass is 10.2. The van der Waals surface area contributed by atoms with E-state index in [-0.39, 0.29) is 0 Å². The zero-order valence-electron chi connectivity index (χ0n) is 8.44. The van der Waals surface area contributed by atoms with Crippen LogP contribution in [0.5, 0.6) is 0 Å². The maximum Gasteiger partial charge on any atom is 0.129 e. The Balaban J connectivity index is 2.78. The van der Waals surface area contributed by atoms with Crippen LogP contribution in [0.25, 0.3) is 0 Å². The smallest absolute Gasteiger partial charge is 0.129 e. The highest BCUT2D eigenvalue weighted by atomic mass is 16.3. The molecule has 74 valence electrons. The first-order valence-corrected chi connectivity index (χ1v) is 4.43. The highest BCUT2D eigenvalue weighted by Gasteiger charge is 2.03. The van der Waals surface area contributed by atoms with Gasteiger partial charge in [-0.1, -0.05) is 12.0 Å². The third-order valence-electron chi connectivity index (χ3n) is 1.97. The molecule has 1 aromatic rings. The summed E-state index contributed by atoms with van der Waals surface area (Å²) in [6.45, 7) is 2.24. The molecule has 0 aliphatic rings. The summed E-state index contributed by atoms with van der Waals surface area (Å²) < 4.78 is 0. The second-order valence-electron chi connectivity index (χ2n) is 3.19. The number of aliphatic hydroxyl groups excluding tert-OH is 1. The lowest BCUT2D eigenvalue weighted by molar-refractivity contribution is 0.199. The van der Waals surface area contributed by atoms with Crippen LogP contribution < -0.4 is 4.90 Å². The van der Waals surface area contributed by atoms with Gasteiger partial charge < -0.3 is 10.0 Å². The van der Waals surface area contributed by atoms with Gasteiger partial charge in [-0.15, -0.1) is 6.42 Å². The Kier molecular flexibility index (Phi) is 3.49. The minimum atomic E-state index is -0.477. The van der Waals surface area contributed by atoms with Gasteiger partial charge in [-0.2, -0.15) is 0 Å². The lowest BCUT2D eigenvalue weighted by Crippen LogP contribution is -2.18. The molecular weight excluding hydrogens is 176 g/mol. The fraction of sp³-hybridized carbons (Fsp3) is 0.364. The van der Waals surface area contributed by atoms with Gasteiger partial charge >= 0.3 is 0 Å². The molecule has 0 saturated heterocycles. The normalized spacial score (nSPS) is 11.9. The highest BCUT2D eigenvalue weighted by Crippen LogP contribution is 2.14. The summed E-state index contributed by atoms with van der Waals surface area (Å²) in [6, 6.07) is 3.69. The van der Waals surface area contributed by atoms with Gasteiger partial charge in [0, 0.05) is 13.2 Å². The molecule has 1 aromatic heterocycles. The minimum absolute atomic E-state index is 0.477. The maximum absolute atomic E-state index is 9.27. The van der Waals surface area contributed by atoms with Crippen LogP contribution in [0.1, 0.15) is 18.6 Å². The number of terminal acetylenes is 1. The van der Waals surface area contributed by atoms with Gasteiger partial charge in [-0.25, -0.2) is 4.98 Å². The Morgan fingerprint density at radius 2 is 2.36 bits per heavy atom. The molecule has 0 aromatic carbocycles. The van der Waals surface area contributed by atoms with Gasteiger partial charge in [-0.3, -0.25) is 0 Å². The standard InChI is InChI=1S/C11H14N2O/c1-4-7-13(3)11-6-5-10(8-12-11)9(2)14/h1,5-6,8-9,14H,7H2,2-3H3. The van der Waals surface area contributed by atoms with Crippen LogP contribution in [0.15, 0.2) is 18.3 Å². The topological polar surface area (TPSA) is 36.4 Å². The van der Waals surface area contributed by atoms with Crippen molar-refractivity contribution in [1.82, 2.24) is 4.98 Å². The molecule has 0 amide bonds. The van der Waals surface area contributed by atoms with Gasteiger partial charge in [-0.05, 0) is 18.6 Å². The molecule has 0 aliphatic carbocycles. The van der Waals surface area contributed by atoms with Crippen LogP contribution in [0, 0.1) is 12.3 Å². The van der Waals surface area contributed by atoms with Crippen molar-refractivity contribution < 1.29 is 5.11 Å². The maximum atomic E-state index is 9.27. The minimum Gasteiger partial charge on any atom is -0.389 e. The summed E-state index contributed by atoms with van der Waals surface area (Å²) in [4.78, 5) is 6.06. The first-order chi connectivity index (χ1) is 6.65. The molecule has 0 radical (unpaired) electrons. The van der Waals surface area contributed by atoms with E-state index < -0.39 is 6.10 Å². The van der Waals surface area contributed by atoms with Crippen LogP contribution >= 0.6 is 0 Å². The molecule has 3 heteroatoms. The van der Waals surface area contributed by atoms with Crippen LogP contribution in [0.2, 0.25) is 0 Å². The average molecular weight is 190 g/mol. The molecule has 1 N–H and O–H groups in total. The number of rotatable bonds is 3. The fourth-order valence-electron chi connectivity index (χ4n) is 1.09. The van der Waals surface area contributed by atoms with Gasteiger partial charge in [0.25, 0.3) is 0 Å². The third kappa shape index (κ3) is 2.48. The van der Waals surface area contributed by atoms with Crippen molar-refractivity contribution in [3.8, 4) is 12.3 Å². The number of anilines is 1. The van der Waals surface area contributed by atoms with Crippen molar-refractivity contribution >= 4 is 5.82 Å². The monoisotopic (exact) mass is 190 g/mol. The zero-order chi connectivity index (χ0) is 10.6. The Hall–Kier alpha value is -1.53. The van der Waals surface area contributed by atoms with Crippen molar-refractivity contribution in [1.29, 1.82) is 0 Å². The van der Waals surface area contributed by atoms with E-state index >= 15 is 0 Å². The highest BCUT2D eigenvalue weighted by molar-refractivity contribution is 5.39. The van der Waals surface area contributed by atoms with Gasteiger partial charge in [0.1, 0.15) is 5.82 Å². The van der Waals surface area contributed by atoms with Crippen molar-refractivity contribution in [2.45, 2.75) is 13.0 Å². The van der Waals surface area contributed by atoms with Crippen LogP contribution in [0.3, 0.4) is 0 Å². The summed E-state index contributed by atoms with van der Waals surface area (Å²) in [7, 11) is 1.88. The molecular formula is C11H14N2O. The summed E-state index contributed by atoms with van der Waals surface area (Å²) in [5, 5.41) is 9.27. The summed E-state index contributed by atoms with van der Waals surface area (Å²) in [5.74, 6) is 3.35. The predicted octanol–water partition coefficient (Wildman–Crippen LogP) is 1.20. The van der Waals surface area contributed by atoms with Gasteiger partial charge in [0.2, 0.25) is 0 Å². The Morgan fingerprint density at radius 1 is 1.64 bits per heavy atom. The molecule has 0 aliphatic heterocycles. The van der Waals surface area contributed by atoms with E-state index in [1.54, 1.807) is 13.1 Å². The van der Waals surface area contributed by atoms with E-state index in [4.69, 9.17) is 6.42 Å². The molecule has 1 rings (SSSR count). The van der Waals surface area contributed by atoms with E-state index in [2.05, 4.69) is 10.9 Å². The quantitative estimate of drug-likeness (QED) is 0.728. The Bertz CT molecular complexity index is 324. The van der Waals surface area contributed by atoms with Crippen molar-refractivity contribution in [3.05, 3.63) is 23.9 Å². The first-order valence-electron chi connectivity index (χ1n) is 4.43. The van der Waals surface area contributed by atoms with Gasteiger partial charge in [0.15, 0.2) is 0 Å². The third-order valence-corrected chi connectivity index (χ3v) is 1.97. The SMILES string of the molecule is C#CCN(C)c1ccc(C(C)O)cn1. The Morgan fingerprint density at radius 3 is 2.79 bits per heavy atom. The molecule has 1 unspecified atom stereocenters. The largest absolute Gasteiger partial charge is 0.389 e. The summed E-state index contributed by atoms with van der Waals surface area (Å²) >= 11 is 0. The number of hydrogen-bond donors (Lipinski definition) is 1. The summed E-state index contributed by atoms with van der Waals surface area (Å²) in [5.41, 5.74) is 0.808. The second-order valence-corrected chi connectivity index (χ2v) is 3.19. The molecule has 14 heavy (non-hydrogen) atoms. The number of pyridine rings is 1. The molecule has 1 heterocycles. The van der Waals surface area contributed by atoms with E-state index in [0.29, 0.717) is 6.54 Å². The van der Waals surface area contributed by atoms with Crippen LogP contribution in [-0.4, -0.2) is 23.7 Å². The van der Waals surface area contributed by atoms with E-state index in [9.17, 15) is 5.11 Å². The second kappa shape index (κ2) is 4.64. The molecule has 0 bridgehead atoms. The van der Waals surface area contributed by atoms with Crippen molar-refractivity contribution in [3.63, 3.8) is 0 Å². The first kappa shape index (κ1) is 10.6. The van der Waals surface area contributed by atoms with Crippen molar-refractivity contribution in [2.24, 2.45) is 0 Å². The number of aliphatic hydroxyl groups is 1. The average Bonchev–Trinajstić information content (AvgIpc) is 2.18. The zero-order valence-corrected chi connectivity index (χ0v) is 8.44. The van der Waals surface area contributed by atoms with Gasteiger partial charge in [0.05, 0.1) is 12.6 Å². The van der Waals surface area contributed by atoms with E-state index in [1.807, 2.05) is 24.1 Å². The van der Waals surface area contributed by atoms with Crippen molar-refractivity contribution in [2.75, 3.05) is 18.5 Å². The Labute approximate surface area is 84.4 Å². The molecule has 0 spiro atoms. The van der Waals surface area contributed by atoms with E-state index in [1.165, 1.54) is 0 Å². The molecule has 0 fully saturated rings. The number of aromatic nitrogens is 1. The van der Waals surface area contributed by atoms with Crippen LogP contribution in [0.4, 0.5) is 5.82 Å². The van der Waals surface area contributed by atoms with E-state index in [0.717, 1.165) is 11.4 Å². The summed E-state index contributed by atoms with van der Waals surface area (Å²) in [6.07, 6.45) is 6.37. The molecule has 1 atom stereocenters.